The smallest absolute Gasteiger partial charge is 0.306 e. The van der Waals surface area contributed by atoms with Gasteiger partial charge in [0.15, 0.2) is 6.10 Å². The van der Waals surface area contributed by atoms with Crippen LogP contribution in [0.25, 0.3) is 0 Å². The molecule has 6 nitrogen and oxygen atoms in total. The first-order valence-electron chi connectivity index (χ1n) is 29.4. The Kier molecular flexibility index (Phi) is 54.8. The summed E-state index contributed by atoms with van der Waals surface area (Å²) in [6.45, 7) is 6.45. The molecule has 0 aromatic heterocycles. The second-order valence-corrected chi connectivity index (χ2v) is 19.5. The first kappa shape index (κ1) is 65.8. The Bertz CT molecular complexity index is 1290. The number of allylic oxidation sites excluding steroid dienone is 12. The number of ether oxygens (including phenoxy) is 3. The van der Waals surface area contributed by atoms with Crippen LogP contribution in [0.2, 0.25) is 0 Å². The van der Waals surface area contributed by atoms with Crippen LogP contribution in [-0.4, -0.2) is 37.2 Å². The summed E-state index contributed by atoms with van der Waals surface area (Å²) in [5, 5.41) is 0. The summed E-state index contributed by atoms with van der Waals surface area (Å²) in [6, 6.07) is 0. The van der Waals surface area contributed by atoms with Gasteiger partial charge in [-0.15, -0.1) is 0 Å². The average Bonchev–Trinajstić information content (AvgIpc) is 3.35. The van der Waals surface area contributed by atoms with E-state index in [4.69, 9.17) is 14.2 Å². The van der Waals surface area contributed by atoms with E-state index in [-0.39, 0.29) is 31.1 Å². The highest BCUT2D eigenvalue weighted by molar-refractivity contribution is 5.71. The first-order valence-corrected chi connectivity index (χ1v) is 29.4. The van der Waals surface area contributed by atoms with Gasteiger partial charge in [-0.25, -0.2) is 0 Å². The Morgan fingerprint density at radius 3 is 0.928 bits per heavy atom. The molecule has 0 aromatic carbocycles. The van der Waals surface area contributed by atoms with E-state index in [1.165, 1.54) is 148 Å². The molecule has 0 aromatic rings. The molecule has 6 heteroatoms. The van der Waals surface area contributed by atoms with Gasteiger partial charge in [0.05, 0.1) is 0 Å². The van der Waals surface area contributed by atoms with Crippen molar-refractivity contribution in [2.45, 2.75) is 297 Å². The zero-order valence-electron chi connectivity index (χ0n) is 45.6. The third kappa shape index (κ3) is 55.6. The number of rotatable bonds is 53. The predicted octanol–water partition coefficient (Wildman–Crippen LogP) is 19.8. The van der Waals surface area contributed by atoms with Gasteiger partial charge in [0.1, 0.15) is 13.2 Å². The highest BCUT2D eigenvalue weighted by Crippen LogP contribution is 2.16. The minimum Gasteiger partial charge on any atom is -0.462 e. The fraction of sp³-hybridized carbons (Fsp3) is 0.762. The Hall–Kier alpha value is -3.15. The molecule has 0 saturated heterocycles. The molecule has 0 amide bonds. The number of hydrogen-bond donors (Lipinski definition) is 0. The van der Waals surface area contributed by atoms with Crippen molar-refractivity contribution in [1.29, 1.82) is 0 Å². The molecule has 0 spiro atoms. The predicted molar refractivity (Wildman–Crippen MR) is 298 cm³/mol. The molecule has 0 aliphatic rings. The van der Waals surface area contributed by atoms with E-state index < -0.39 is 6.10 Å². The molecule has 0 heterocycles. The van der Waals surface area contributed by atoms with Crippen LogP contribution in [0.5, 0.6) is 0 Å². The summed E-state index contributed by atoms with van der Waals surface area (Å²) < 4.78 is 16.7. The number of carbonyl (C=O) groups is 3. The van der Waals surface area contributed by atoms with E-state index in [1.54, 1.807) is 0 Å². The number of hydrogen-bond acceptors (Lipinski definition) is 6. The largest absolute Gasteiger partial charge is 0.462 e. The lowest BCUT2D eigenvalue weighted by molar-refractivity contribution is -0.167. The Morgan fingerprint density at radius 1 is 0.304 bits per heavy atom. The molecular weight excluding hydrogens is 853 g/mol. The molecule has 0 N–H and O–H groups in total. The molecule has 0 aliphatic heterocycles. The van der Waals surface area contributed by atoms with Gasteiger partial charge in [-0.2, -0.15) is 0 Å². The van der Waals surface area contributed by atoms with Crippen LogP contribution in [-0.2, 0) is 28.6 Å². The summed E-state index contributed by atoms with van der Waals surface area (Å²) in [5.41, 5.74) is 0. The van der Waals surface area contributed by atoms with E-state index in [0.29, 0.717) is 19.3 Å². The summed E-state index contributed by atoms with van der Waals surface area (Å²) >= 11 is 0. The van der Waals surface area contributed by atoms with Crippen LogP contribution < -0.4 is 0 Å². The van der Waals surface area contributed by atoms with Crippen molar-refractivity contribution in [3.05, 3.63) is 72.9 Å². The second-order valence-electron chi connectivity index (χ2n) is 19.5. The van der Waals surface area contributed by atoms with Crippen LogP contribution in [0.1, 0.15) is 290 Å². The molecular formula is C63H110O6. The molecule has 0 saturated carbocycles. The van der Waals surface area contributed by atoms with Gasteiger partial charge >= 0.3 is 17.9 Å². The van der Waals surface area contributed by atoms with Crippen molar-refractivity contribution in [2.75, 3.05) is 13.2 Å². The monoisotopic (exact) mass is 963 g/mol. The minimum absolute atomic E-state index is 0.0751. The van der Waals surface area contributed by atoms with Crippen LogP contribution >= 0.6 is 0 Å². The number of esters is 3. The summed E-state index contributed by atoms with van der Waals surface area (Å²) in [7, 11) is 0. The molecule has 0 aliphatic carbocycles. The maximum atomic E-state index is 12.7. The Balaban J connectivity index is 3.94. The molecule has 398 valence electrons. The van der Waals surface area contributed by atoms with E-state index >= 15 is 0 Å². The second kappa shape index (κ2) is 57.4. The zero-order valence-corrected chi connectivity index (χ0v) is 45.6. The van der Waals surface area contributed by atoms with Crippen LogP contribution in [0.4, 0.5) is 0 Å². The van der Waals surface area contributed by atoms with Crippen molar-refractivity contribution in [3.63, 3.8) is 0 Å². The topological polar surface area (TPSA) is 78.9 Å². The summed E-state index contributed by atoms with van der Waals surface area (Å²) in [4.78, 5) is 37.8. The average molecular weight is 964 g/mol. The van der Waals surface area contributed by atoms with Crippen LogP contribution in [0.15, 0.2) is 72.9 Å². The van der Waals surface area contributed by atoms with Crippen molar-refractivity contribution < 1.29 is 28.6 Å². The zero-order chi connectivity index (χ0) is 50.0. The highest BCUT2D eigenvalue weighted by atomic mass is 16.6. The van der Waals surface area contributed by atoms with Crippen molar-refractivity contribution in [2.24, 2.45) is 0 Å². The molecule has 69 heavy (non-hydrogen) atoms. The van der Waals surface area contributed by atoms with Crippen molar-refractivity contribution in [3.8, 4) is 0 Å². The standard InChI is InChI=1S/C63H110O6/c1-4-7-10-13-16-18-20-22-23-24-25-26-27-28-29-30-31-32-33-34-35-36-37-38-39-40-41-42-44-45-47-50-53-56-62(65)68-59-60(58-67-61(64)55-52-49-15-12-9-6-3)69-63(66)57-54-51-48-46-43-21-19-17-14-11-8-5-2/h7,10,16-19,22-23,25-26,28-29,60H,4-6,8-9,11-15,20-21,24,27,30-59H2,1-3H3/b10-7-,18-16-,19-17-,23-22-,26-25-,29-28-. The van der Waals surface area contributed by atoms with Crippen molar-refractivity contribution in [1.82, 2.24) is 0 Å². The van der Waals surface area contributed by atoms with Gasteiger partial charge in [-0.3, -0.25) is 14.4 Å². The fourth-order valence-corrected chi connectivity index (χ4v) is 8.29. The van der Waals surface area contributed by atoms with Crippen LogP contribution in [0, 0.1) is 0 Å². The Labute approximate surface area is 427 Å². The SMILES string of the molecule is CC/C=C\C/C=C\C/C=C\C/C=C\C/C=C\CCCCCCCCCCCCCCCCCCCC(=O)OCC(COC(=O)CCCCCCCC)OC(=O)CCCCCCC/C=C\CCCCC. The first-order chi connectivity index (χ1) is 34.0. The maximum absolute atomic E-state index is 12.7. The lowest BCUT2D eigenvalue weighted by Gasteiger charge is -2.18. The van der Waals surface area contributed by atoms with E-state index in [1.807, 2.05) is 0 Å². The summed E-state index contributed by atoms with van der Waals surface area (Å²) in [5.74, 6) is -0.887. The van der Waals surface area contributed by atoms with E-state index in [2.05, 4.69) is 93.7 Å². The number of carbonyl (C=O) groups excluding carboxylic acids is 3. The summed E-state index contributed by atoms with van der Waals surface area (Å²) in [6.07, 6.45) is 73.8. The van der Waals surface area contributed by atoms with E-state index in [0.717, 1.165) is 103 Å². The van der Waals surface area contributed by atoms with Gasteiger partial charge < -0.3 is 14.2 Å². The normalized spacial score (nSPS) is 12.6. The third-order valence-corrected chi connectivity index (χ3v) is 12.7. The quantitative estimate of drug-likeness (QED) is 0.0262. The van der Waals surface area contributed by atoms with Crippen molar-refractivity contribution >= 4 is 17.9 Å². The van der Waals surface area contributed by atoms with Gasteiger partial charge in [0, 0.05) is 19.3 Å². The molecule has 1 unspecified atom stereocenters. The maximum Gasteiger partial charge on any atom is 0.306 e. The number of unbranched alkanes of at least 4 members (excludes halogenated alkanes) is 30. The molecule has 0 rings (SSSR count). The lowest BCUT2D eigenvalue weighted by Crippen LogP contribution is -2.30. The Morgan fingerprint density at radius 2 is 0.565 bits per heavy atom. The molecule has 0 bridgehead atoms. The van der Waals surface area contributed by atoms with Gasteiger partial charge in [-0.05, 0) is 89.9 Å². The van der Waals surface area contributed by atoms with Gasteiger partial charge in [0.2, 0.25) is 0 Å². The molecule has 0 fully saturated rings. The third-order valence-electron chi connectivity index (χ3n) is 12.7. The van der Waals surface area contributed by atoms with Gasteiger partial charge in [0.25, 0.3) is 0 Å². The highest BCUT2D eigenvalue weighted by Gasteiger charge is 2.19. The molecule has 1 atom stereocenters. The van der Waals surface area contributed by atoms with E-state index in [9.17, 15) is 14.4 Å². The molecule has 0 radical (unpaired) electrons. The lowest BCUT2D eigenvalue weighted by atomic mass is 10.0. The van der Waals surface area contributed by atoms with Gasteiger partial charge in [-0.1, -0.05) is 254 Å². The van der Waals surface area contributed by atoms with Crippen LogP contribution in [0.3, 0.4) is 0 Å². The fourth-order valence-electron chi connectivity index (χ4n) is 8.29. The minimum atomic E-state index is -0.772.